The van der Waals surface area contributed by atoms with E-state index in [-0.39, 0.29) is 102 Å². The summed E-state index contributed by atoms with van der Waals surface area (Å²) in [5, 5.41) is 17.1. The lowest BCUT2D eigenvalue weighted by molar-refractivity contribution is 0.0868. The van der Waals surface area contributed by atoms with Crippen LogP contribution in [0.3, 0.4) is 0 Å². The van der Waals surface area contributed by atoms with E-state index in [1.165, 1.54) is 18.6 Å². The van der Waals surface area contributed by atoms with Gasteiger partial charge in [-0.1, -0.05) is 66.7 Å². The summed E-state index contributed by atoms with van der Waals surface area (Å²) in [7, 11) is -14.5. The first kappa shape index (κ1) is 92.0. The van der Waals surface area contributed by atoms with Crippen molar-refractivity contribution in [2.24, 2.45) is 40.5 Å². The number of amidine groups is 4. The van der Waals surface area contributed by atoms with E-state index in [4.69, 9.17) is 41.9 Å². The topological polar surface area (TPSA) is 548 Å². The standard InChI is InChI=1S/2C25H24N6O4S.C22H23N5O4S.C17H19N5O4S/c1-25(2,15-35-20-7-3-5-17-14-36(33,34)30-23(26)22(17)20)29-24(32)16-8-11-28-21(13-16)31-12-9-18-19(31)6-4-10-27-18;1-25(2,15-35-20-9-5-7-18-14-36(33,34)30-23(26)22(18)20)29-24(32)16-10-11-27-21(12-16)31-19-8-4-3-6-17(19)13-28-31;1-22(2,25-21(28)15-8-9-24-18(12-15)27-10-3-4-11-27)14-31-17-7-5-6-16-13-32(29,30)26-20(23)19(16)17;1-17(2,21-16(23)12-8-19-6-7-20-12)10-26-13-5-3-4-11-9-27(24,25)22-15(18)14(11)13/h2*3-13H,14-15H2,1-2H3,(H2,26,30)(H,29,32);3-12H,13-14H2,1-2H3,(H2,23,26)(H,25,28);3-8H,9-10H2,1-2H3,(H2,18,22)(H,21,23). The van der Waals surface area contributed by atoms with Gasteiger partial charge in [0.25, 0.3) is 63.7 Å². The van der Waals surface area contributed by atoms with Crippen molar-refractivity contribution in [2.45, 2.75) is 101 Å². The van der Waals surface area contributed by atoms with E-state index in [0.717, 1.165) is 21.9 Å². The number of rotatable bonds is 23. The second-order valence-corrected chi connectivity index (χ2v) is 39.6. The van der Waals surface area contributed by atoms with E-state index < -0.39 is 62.2 Å². The monoisotopic (exact) mass is 1850 g/mol. The van der Waals surface area contributed by atoms with Crippen LogP contribution in [-0.2, 0) is 63.1 Å². The minimum atomic E-state index is -3.65. The van der Waals surface area contributed by atoms with Crippen molar-refractivity contribution in [1.29, 1.82) is 0 Å². The Morgan fingerprint density at radius 3 is 1.15 bits per heavy atom. The molecule has 12 N–H and O–H groups in total. The molecule has 4 amide bonds. The van der Waals surface area contributed by atoms with Crippen LogP contribution in [0.15, 0.2) is 250 Å². The summed E-state index contributed by atoms with van der Waals surface area (Å²) in [5.74, 6) is 0.814. The first-order chi connectivity index (χ1) is 62.0. The van der Waals surface area contributed by atoms with Crippen molar-refractivity contribution in [1.82, 2.24) is 70.1 Å². The number of hydrogen-bond donors (Lipinski definition) is 8. The van der Waals surface area contributed by atoms with Crippen LogP contribution < -0.4 is 63.1 Å². The zero-order valence-electron chi connectivity index (χ0n) is 71.8. The van der Waals surface area contributed by atoms with E-state index in [1.54, 1.807) is 159 Å². The molecule has 0 saturated heterocycles. The van der Waals surface area contributed by atoms with Crippen LogP contribution in [0.5, 0.6) is 23.0 Å². The van der Waals surface area contributed by atoms with Crippen LogP contribution in [0.2, 0.25) is 0 Å². The number of carbonyl (C=O) groups excluding carboxylic acids is 4. The normalized spacial score (nSPS) is 14.9. The summed E-state index contributed by atoms with van der Waals surface area (Å²) in [6.45, 7) is 15.0. The Morgan fingerprint density at radius 2 is 0.740 bits per heavy atom. The van der Waals surface area contributed by atoms with E-state index in [9.17, 15) is 52.8 Å². The van der Waals surface area contributed by atoms with E-state index in [2.05, 4.69) is 73.9 Å². The molecule has 0 unspecified atom stereocenters. The number of aromatic nitrogens is 10. The Hall–Kier alpha value is -15.2. The second-order valence-electron chi connectivity index (χ2n) is 33.1. The first-order valence-corrected chi connectivity index (χ1v) is 46.7. The lowest BCUT2D eigenvalue weighted by Crippen LogP contribution is -2.48. The minimum Gasteiger partial charge on any atom is -0.490 e. The Bertz CT molecular complexity index is 7000. The van der Waals surface area contributed by atoms with Gasteiger partial charge in [0.05, 0.1) is 96.4 Å². The van der Waals surface area contributed by atoms with Gasteiger partial charge in [0.1, 0.15) is 90.1 Å². The Kier molecular flexibility index (Phi) is 26.2. The molecule has 4 aliphatic rings. The molecule has 0 bridgehead atoms. The average molecular weight is 1850 g/mol. The van der Waals surface area contributed by atoms with Crippen LogP contribution in [-0.4, -0.2) is 178 Å². The maximum absolute atomic E-state index is 13.1. The van der Waals surface area contributed by atoms with E-state index in [0.29, 0.717) is 102 Å². The summed E-state index contributed by atoms with van der Waals surface area (Å²) < 4.78 is 138. The summed E-state index contributed by atoms with van der Waals surface area (Å²) in [6, 6.07) is 47.5. The lowest BCUT2D eigenvalue weighted by atomic mass is 10.0. The zero-order valence-corrected chi connectivity index (χ0v) is 75.1. The summed E-state index contributed by atoms with van der Waals surface area (Å²) in [6.07, 6.45) is 18.1. The zero-order chi connectivity index (χ0) is 93.6. The first-order valence-electron chi connectivity index (χ1n) is 40.3. The van der Waals surface area contributed by atoms with E-state index >= 15 is 0 Å². The van der Waals surface area contributed by atoms with Crippen LogP contribution >= 0.6 is 0 Å². The highest BCUT2D eigenvalue weighted by Gasteiger charge is 2.34. The number of para-hydroxylation sites is 1. The molecule has 5 aromatic carbocycles. The van der Waals surface area contributed by atoms with Crippen LogP contribution in [0.4, 0.5) is 0 Å². The number of nitrogens with one attached hydrogen (secondary N) is 4. The van der Waals surface area contributed by atoms with Gasteiger partial charge < -0.3 is 67.7 Å². The summed E-state index contributed by atoms with van der Waals surface area (Å²) >= 11 is 0. The molecule has 676 valence electrons. The van der Waals surface area contributed by atoms with Crippen LogP contribution in [0, 0.1) is 0 Å². The number of sulfonamides is 4. The quantitative estimate of drug-likeness (QED) is 0.0303. The van der Waals surface area contributed by atoms with Crippen molar-refractivity contribution in [3.8, 4) is 40.5 Å². The van der Waals surface area contributed by atoms with Crippen molar-refractivity contribution in [3.63, 3.8) is 0 Å². The Balaban J connectivity index is 0.000000142. The number of pyridine rings is 4. The smallest absolute Gasteiger partial charge is 0.272 e. The van der Waals surface area contributed by atoms with Gasteiger partial charge >= 0.3 is 0 Å². The molecule has 42 heteroatoms. The second kappa shape index (κ2) is 37.3. The largest absolute Gasteiger partial charge is 0.490 e. The molecule has 0 radical (unpaired) electrons. The maximum Gasteiger partial charge on any atom is 0.272 e. The lowest BCUT2D eigenvalue weighted by Gasteiger charge is -2.27. The average Bonchev–Trinajstić information content (AvgIpc) is 1.71. The number of nitrogens with zero attached hydrogens (tertiary/aromatic N) is 14. The van der Waals surface area contributed by atoms with Gasteiger partial charge in [0.2, 0.25) is 0 Å². The molecule has 131 heavy (non-hydrogen) atoms. The van der Waals surface area contributed by atoms with Crippen molar-refractivity contribution >= 4 is 109 Å². The molecule has 0 spiro atoms. The number of hydrogen-bond acceptors (Lipinski definition) is 27. The molecule has 0 saturated carbocycles. The fourth-order valence-corrected chi connectivity index (χ4v) is 18.5. The number of ether oxygens (including phenoxy) is 4. The molecule has 0 fully saturated rings. The highest BCUT2D eigenvalue weighted by molar-refractivity contribution is 7.90. The third-order valence-electron chi connectivity index (χ3n) is 20.0. The number of carbonyl (C=O) groups is 4. The molecular formula is C89H90N22O16S4. The van der Waals surface area contributed by atoms with Gasteiger partial charge in [-0.15, -0.1) is 17.6 Å². The fraction of sp³-hybridized carbons (Fsp3) is 0.225. The highest BCUT2D eigenvalue weighted by Crippen LogP contribution is 2.34. The molecule has 13 aromatic rings. The van der Waals surface area contributed by atoms with Gasteiger partial charge in [0, 0.05) is 77.8 Å². The predicted molar refractivity (Wildman–Crippen MR) is 491 cm³/mol. The summed E-state index contributed by atoms with van der Waals surface area (Å²) in [4.78, 5) is 76.5. The minimum absolute atomic E-state index is 0.0991. The Labute approximate surface area is 753 Å². The van der Waals surface area contributed by atoms with Crippen LogP contribution in [0.25, 0.3) is 39.4 Å². The predicted octanol–water partition coefficient (Wildman–Crippen LogP) is 7.73. The molecule has 38 nitrogen and oxygen atoms in total. The third kappa shape index (κ3) is 22.7. The molecule has 4 aliphatic heterocycles. The maximum atomic E-state index is 13.1. The van der Waals surface area contributed by atoms with Gasteiger partial charge in [-0.2, -0.15) is 5.10 Å². The highest BCUT2D eigenvalue weighted by atomic mass is 32.2. The molecule has 8 aromatic heterocycles. The molecule has 0 atom stereocenters. The number of nitrogens with two attached hydrogens (primary N) is 4. The van der Waals surface area contributed by atoms with Crippen molar-refractivity contribution in [3.05, 3.63) is 299 Å². The van der Waals surface area contributed by atoms with Gasteiger partial charge in [-0.3, -0.25) is 33.7 Å². The number of fused-ring (bicyclic) bond motifs is 6. The third-order valence-corrected chi connectivity index (χ3v) is 24.6. The summed E-state index contributed by atoms with van der Waals surface area (Å²) in [5.41, 5.74) is 28.6. The number of benzene rings is 5. The van der Waals surface area contributed by atoms with Gasteiger partial charge in [-0.25, -0.2) is 58.3 Å². The molecular weight excluding hydrogens is 1760 g/mol. The van der Waals surface area contributed by atoms with E-state index in [1.807, 2.05) is 124 Å². The molecule has 12 heterocycles. The van der Waals surface area contributed by atoms with Crippen LogP contribution in [0.1, 0.15) is 141 Å². The van der Waals surface area contributed by atoms with Gasteiger partial charge in [-0.05, 0) is 175 Å². The van der Waals surface area contributed by atoms with Gasteiger partial charge in [0.15, 0.2) is 5.82 Å². The van der Waals surface area contributed by atoms with Crippen molar-refractivity contribution in [2.75, 3.05) is 26.4 Å². The van der Waals surface area contributed by atoms with Crippen molar-refractivity contribution < 1.29 is 71.8 Å². The molecule has 0 aliphatic carbocycles. The molecule has 17 rings (SSSR count). The fourth-order valence-electron chi connectivity index (χ4n) is 14.1. The Morgan fingerprint density at radius 1 is 0.366 bits per heavy atom. The number of amides is 4. The SMILES string of the molecule is CC(C)(COc1cccc2c1C(N)=NS(=O)(=O)C2)NC(=O)c1ccnc(-n2ccc3ncccc32)c1.CC(C)(COc1cccc2c1C(N)=NS(=O)(=O)C2)NC(=O)c1ccnc(-n2cccc2)c1.CC(C)(COc1cccc2c1C(N)=NS(=O)(=O)C2)NC(=O)c1ccnc(-n2ncc3ccccc32)c1.CC(C)(COc1cccc2c1C(N)=NS(=O)(=O)C2)NC(=O)c1cnccn1.